The topological polar surface area (TPSA) is 6.48 Å². The van der Waals surface area contributed by atoms with Crippen molar-refractivity contribution in [2.24, 2.45) is 0 Å². The summed E-state index contributed by atoms with van der Waals surface area (Å²) < 4.78 is 13.6. The van der Waals surface area contributed by atoms with E-state index in [1.54, 1.807) is 12.1 Å². The Labute approximate surface area is 118 Å². The summed E-state index contributed by atoms with van der Waals surface area (Å²) in [5.41, 5.74) is 2.31. The molecule has 2 nitrogen and oxygen atoms in total. The summed E-state index contributed by atoms with van der Waals surface area (Å²) in [4.78, 5) is 5.96. The molecule has 0 atom stereocenters. The average molecular weight is 278 g/mol. The van der Waals surface area contributed by atoms with Gasteiger partial charge in [0.25, 0.3) is 0 Å². The molecular formula is C15H19FN2S. The molecule has 0 amide bonds. The second-order valence-corrected chi connectivity index (χ2v) is 6.29. The zero-order chi connectivity index (χ0) is 13.2. The zero-order valence-electron chi connectivity index (χ0n) is 11.2. The van der Waals surface area contributed by atoms with E-state index in [-0.39, 0.29) is 5.82 Å². The fraction of sp³-hybridized carbons (Fsp3) is 0.467. The lowest BCUT2D eigenvalue weighted by atomic mass is 10.1. The molecule has 1 aromatic rings. The minimum absolute atomic E-state index is 0.138. The standard InChI is InChI=1S/C15H19FN2S/c1-17-6-8-18(9-7-17)14-3-2-10-19-15-5-4-12(16)11-13(14)15/h3-5,11H,2,6-10H2,1H3. The van der Waals surface area contributed by atoms with Gasteiger partial charge in [0, 0.05) is 48.1 Å². The van der Waals surface area contributed by atoms with Crippen molar-refractivity contribution < 1.29 is 4.39 Å². The number of piperazine rings is 1. The van der Waals surface area contributed by atoms with Gasteiger partial charge in [-0.3, -0.25) is 0 Å². The van der Waals surface area contributed by atoms with Gasteiger partial charge in [0.05, 0.1) is 0 Å². The van der Waals surface area contributed by atoms with Gasteiger partial charge in [0.1, 0.15) is 5.82 Å². The van der Waals surface area contributed by atoms with Crippen molar-refractivity contribution in [2.45, 2.75) is 11.3 Å². The maximum Gasteiger partial charge on any atom is 0.123 e. The number of allylic oxidation sites excluding steroid dienone is 1. The normalized spacial score (nSPS) is 20.7. The number of rotatable bonds is 1. The first-order valence-electron chi connectivity index (χ1n) is 6.80. The average Bonchev–Trinajstić information content (AvgIpc) is 2.62. The van der Waals surface area contributed by atoms with Gasteiger partial charge in [-0.05, 0) is 31.7 Å². The molecule has 2 heterocycles. The Kier molecular flexibility index (Phi) is 3.80. The molecule has 0 unspecified atom stereocenters. The van der Waals surface area contributed by atoms with Crippen LogP contribution in [0.1, 0.15) is 12.0 Å². The summed E-state index contributed by atoms with van der Waals surface area (Å²) >= 11 is 1.83. The second-order valence-electron chi connectivity index (χ2n) is 5.16. The van der Waals surface area contributed by atoms with Crippen LogP contribution in [0.4, 0.5) is 4.39 Å². The Bertz CT molecular complexity index is 493. The summed E-state index contributed by atoms with van der Waals surface area (Å²) in [5.74, 6) is 0.942. The molecule has 102 valence electrons. The van der Waals surface area contributed by atoms with E-state index in [9.17, 15) is 4.39 Å². The number of halogens is 1. The molecule has 1 saturated heterocycles. The fourth-order valence-corrected chi connectivity index (χ4v) is 3.59. The molecular weight excluding hydrogens is 259 g/mol. The summed E-state index contributed by atoms with van der Waals surface area (Å²) in [5, 5.41) is 0. The molecule has 3 rings (SSSR count). The molecule has 0 bridgehead atoms. The highest BCUT2D eigenvalue weighted by atomic mass is 32.2. The van der Waals surface area contributed by atoms with Gasteiger partial charge in [0.15, 0.2) is 0 Å². The minimum Gasteiger partial charge on any atom is -0.369 e. The van der Waals surface area contributed by atoms with E-state index in [2.05, 4.69) is 22.9 Å². The van der Waals surface area contributed by atoms with E-state index in [4.69, 9.17) is 0 Å². The Hall–Kier alpha value is -1.00. The van der Waals surface area contributed by atoms with Crippen molar-refractivity contribution >= 4 is 17.5 Å². The molecule has 19 heavy (non-hydrogen) atoms. The summed E-state index contributed by atoms with van der Waals surface area (Å²) in [6, 6.07) is 5.18. The van der Waals surface area contributed by atoms with Crippen LogP contribution in [0, 0.1) is 5.82 Å². The number of thioether (sulfide) groups is 1. The minimum atomic E-state index is -0.138. The molecule has 0 radical (unpaired) electrons. The van der Waals surface area contributed by atoms with Crippen LogP contribution in [0.25, 0.3) is 5.70 Å². The van der Waals surface area contributed by atoms with Gasteiger partial charge in [0.2, 0.25) is 0 Å². The number of hydrogen-bond donors (Lipinski definition) is 0. The van der Waals surface area contributed by atoms with Crippen LogP contribution >= 0.6 is 11.8 Å². The van der Waals surface area contributed by atoms with Gasteiger partial charge in [-0.25, -0.2) is 4.39 Å². The number of nitrogens with zero attached hydrogens (tertiary/aromatic N) is 2. The molecule has 0 aromatic heterocycles. The number of likely N-dealkylation sites (N-methyl/N-ethyl adjacent to an activating group) is 1. The third-order valence-corrected chi connectivity index (χ3v) is 4.88. The number of fused-ring (bicyclic) bond motifs is 1. The largest absolute Gasteiger partial charge is 0.369 e. The lowest BCUT2D eigenvalue weighted by molar-refractivity contribution is 0.207. The van der Waals surface area contributed by atoms with Gasteiger partial charge in [-0.1, -0.05) is 6.08 Å². The van der Waals surface area contributed by atoms with Crippen molar-refractivity contribution in [3.8, 4) is 0 Å². The lowest BCUT2D eigenvalue weighted by Crippen LogP contribution is -2.43. The SMILES string of the molecule is CN1CCN(C2=CCCSc3ccc(F)cc32)CC1. The Morgan fingerprint density at radius 3 is 2.74 bits per heavy atom. The molecule has 2 aliphatic heterocycles. The monoisotopic (exact) mass is 278 g/mol. The molecule has 0 spiro atoms. The van der Waals surface area contributed by atoms with Crippen LogP contribution in [-0.2, 0) is 0 Å². The lowest BCUT2D eigenvalue weighted by Gasteiger charge is -2.36. The Morgan fingerprint density at radius 1 is 1.16 bits per heavy atom. The summed E-state index contributed by atoms with van der Waals surface area (Å²) in [6.07, 6.45) is 3.34. The molecule has 1 fully saturated rings. The van der Waals surface area contributed by atoms with E-state index in [1.807, 2.05) is 17.8 Å². The molecule has 2 aliphatic rings. The van der Waals surface area contributed by atoms with Crippen LogP contribution in [-0.4, -0.2) is 48.8 Å². The van der Waals surface area contributed by atoms with Crippen molar-refractivity contribution in [3.05, 3.63) is 35.7 Å². The van der Waals surface area contributed by atoms with E-state index >= 15 is 0 Å². The van der Waals surface area contributed by atoms with E-state index in [1.165, 1.54) is 10.6 Å². The highest BCUT2D eigenvalue weighted by molar-refractivity contribution is 7.99. The van der Waals surface area contributed by atoms with Crippen LogP contribution in [0.15, 0.2) is 29.2 Å². The van der Waals surface area contributed by atoms with Crippen LogP contribution < -0.4 is 0 Å². The van der Waals surface area contributed by atoms with Gasteiger partial charge in [-0.2, -0.15) is 0 Å². The van der Waals surface area contributed by atoms with E-state index in [0.717, 1.165) is 43.9 Å². The van der Waals surface area contributed by atoms with Crippen LogP contribution in [0.2, 0.25) is 0 Å². The third kappa shape index (κ3) is 2.79. The quantitative estimate of drug-likeness (QED) is 0.780. The summed E-state index contributed by atoms with van der Waals surface area (Å²) in [7, 11) is 2.16. The molecule has 1 aromatic carbocycles. The maximum atomic E-state index is 13.6. The Morgan fingerprint density at radius 2 is 1.95 bits per heavy atom. The molecule has 0 aliphatic carbocycles. The first-order chi connectivity index (χ1) is 9.24. The highest BCUT2D eigenvalue weighted by Gasteiger charge is 2.21. The fourth-order valence-electron chi connectivity index (χ4n) is 2.65. The molecule has 4 heteroatoms. The molecule has 0 saturated carbocycles. The summed E-state index contributed by atoms with van der Waals surface area (Å²) in [6.45, 7) is 4.22. The van der Waals surface area contributed by atoms with E-state index in [0.29, 0.717) is 0 Å². The number of hydrogen-bond acceptors (Lipinski definition) is 3. The maximum absolute atomic E-state index is 13.6. The van der Waals surface area contributed by atoms with Crippen molar-refractivity contribution in [1.82, 2.24) is 9.80 Å². The predicted octanol–water partition coefficient (Wildman–Crippen LogP) is 2.91. The second kappa shape index (κ2) is 5.55. The van der Waals surface area contributed by atoms with E-state index < -0.39 is 0 Å². The van der Waals surface area contributed by atoms with Crippen molar-refractivity contribution in [1.29, 1.82) is 0 Å². The smallest absolute Gasteiger partial charge is 0.123 e. The first kappa shape index (κ1) is 13.0. The first-order valence-corrected chi connectivity index (χ1v) is 7.79. The predicted molar refractivity (Wildman–Crippen MR) is 78.8 cm³/mol. The van der Waals surface area contributed by atoms with Gasteiger partial charge >= 0.3 is 0 Å². The van der Waals surface area contributed by atoms with Crippen LogP contribution in [0.5, 0.6) is 0 Å². The van der Waals surface area contributed by atoms with Crippen molar-refractivity contribution in [2.75, 3.05) is 39.0 Å². The highest BCUT2D eigenvalue weighted by Crippen LogP contribution is 2.35. The van der Waals surface area contributed by atoms with Crippen LogP contribution in [0.3, 0.4) is 0 Å². The Balaban J connectivity index is 1.93. The van der Waals surface area contributed by atoms with Gasteiger partial charge in [-0.15, -0.1) is 11.8 Å². The van der Waals surface area contributed by atoms with Gasteiger partial charge < -0.3 is 9.80 Å². The third-order valence-electron chi connectivity index (χ3n) is 3.77. The number of benzene rings is 1. The van der Waals surface area contributed by atoms with Crippen molar-refractivity contribution in [3.63, 3.8) is 0 Å². The molecule has 0 N–H and O–H groups in total. The zero-order valence-corrected chi connectivity index (χ0v) is 12.0.